The number of β-amino-alcohol motifs (C(OH)–C–C–N with tert-alkyl or cyclic N) is 1. The van der Waals surface area contributed by atoms with Crippen molar-refractivity contribution in [3.63, 3.8) is 0 Å². The number of likely N-dealkylation sites (tertiary alicyclic amines) is 1. The van der Waals surface area contributed by atoms with Crippen molar-refractivity contribution in [2.75, 3.05) is 38.2 Å². The maximum absolute atomic E-state index is 13.5. The molecule has 0 radical (unpaired) electrons. The fourth-order valence-corrected chi connectivity index (χ4v) is 8.65. The molecule has 5 fully saturated rings. The van der Waals surface area contributed by atoms with Crippen molar-refractivity contribution in [2.45, 2.75) is 191 Å². The van der Waals surface area contributed by atoms with Crippen molar-refractivity contribution in [3.05, 3.63) is 30.3 Å². The van der Waals surface area contributed by atoms with Crippen LogP contribution in [0.1, 0.15) is 118 Å². The summed E-state index contributed by atoms with van der Waals surface area (Å²) in [5, 5.41) is 17.5. The summed E-state index contributed by atoms with van der Waals surface area (Å²) >= 11 is 0. The van der Waals surface area contributed by atoms with E-state index in [1.54, 1.807) is 0 Å². The lowest BCUT2D eigenvalue weighted by Crippen LogP contribution is -2.54. The molecule has 13 nitrogen and oxygen atoms in total. The molecular weight excluding hydrogens is 706 g/mol. The van der Waals surface area contributed by atoms with Gasteiger partial charge in [-0.2, -0.15) is 0 Å². The Hall–Kier alpha value is -1.91. The number of aliphatic hydroxyl groups excluding tert-OH is 1. The second kappa shape index (κ2) is 20.2. The summed E-state index contributed by atoms with van der Waals surface area (Å²) in [5.41, 5.74) is 0.650. The van der Waals surface area contributed by atoms with E-state index in [-0.39, 0.29) is 6.61 Å². The molecule has 0 bridgehead atoms. The highest BCUT2D eigenvalue weighted by Crippen LogP contribution is 2.42. The molecule has 312 valence electrons. The van der Waals surface area contributed by atoms with Gasteiger partial charge in [-0.15, -0.1) is 0 Å². The van der Waals surface area contributed by atoms with Crippen LogP contribution in [0.5, 0.6) is 0 Å². The van der Waals surface area contributed by atoms with E-state index < -0.39 is 79.0 Å². The van der Waals surface area contributed by atoms with E-state index in [0.717, 1.165) is 38.8 Å². The maximum Gasteiger partial charge on any atom is 0.319 e. The van der Waals surface area contributed by atoms with E-state index in [0.29, 0.717) is 18.8 Å². The number of nitrogens with zero attached hydrogens (tertiary/aromatic N) is 1. The molecule has 5 heterocycles. The van der Waals surface area contributed by atoms with E-state index in [2.05, 4.69) is 22.5 Å². The number of ether oxygens (including phenoxy) is 8. The van der Waals surface area contributed by atoms with Gasteiger partial charge in [0.15, 0.2) is 24.2 Å². The highest BCUT2D eigenvalue weighted by atomic mass is 16.8. The van der Waals surface area contributed by atoms with Crippen molar-refractivity contribution >= 4 is 11.7 Å². The standard InChI is InChI=1S/C42H69N3O10/c1-6-7-8-9-10-11-12-13-14-21-26-48-34-32(50-39-36(34)53-42(4,5)55-39)30(44-40(47)43-29-22-17-15-18-23-29)28-49-38-37-35(52-41(2,3)54-37)33(51-38)31(46)27-45-24-19-16-20-25-45/h15,17-18,22-23,30-39,46H,6-14,16,19-21,24-28H2,1-5H3,(H2,43,44,47). The average Bonchev–Trinajstić information content (AvgIpc) is 3.85. The second-order valence-corrected chi connectivity index (χ2v) is 17.0. The molecule has 6 rings (SSSR count). The number of carbonyl (C=O) groups excluding carboxylic acids is 1. The highest BCUT2D eigenvalue weighted by Gasteiger charge is 2.60. The van der Waals surface area contributed by atoms with Gasteiger partial charge < -0.3 is 58.5 Å². The lowest BCUT2D eigenvalue weighted by molar-refractivity contribution is -0.250. The molecule has 0 saturated carbocycles. The number of anilines is 1. The molecule has 5 aliphatic heterocycles. The van der Waals surface area contributed by atoms with Crippen LogP contribution in [0.15, 0.2) is 30.3 Å². The van der Waals surface area contributed by atoms with Crippen LogP contribution in [0, 0.1) is 0 Å². The quantitative estimate of drug-likeness (QED) is 0.119. The van der Waals surface area contributed by atoms with Gasteiger partial charge in [0.05, 0.1) is 18.8 Å². The zero-order valence-corrected chi connectivity index (χ0v) is 34.0. The Morgan fingerprint density at radius 2 is 1.44 bits per heavy atom. The summed E-state index contributed by atoms with van der Waals surface area (Å²) in [5.74, 6) is -1.72. The molecule has 13 heteroatoms. The van der Waals surface area contributed by atoms with Crippen LogP contribution in [0.3, 0.4) is 0 Å². The van der Waals surface area contributed by atoms with Gasteiger partial charge in [0.1, 0.15) is 36.6 Å². The number of rotatable bonds is 21. The Labute approximate surface area is 328 Å². The number of nitrogens with one attached hydrogen (secondary N) is 2. The minimum Gasteiger partial charge on any atom is -0.389 e. The minimum absolute atomic E-state index is 0.000437. The van der Waals surface area contributed by atoms with E-state index in [4.69, 9.17) is 37.9 Å². The number of hydrogen-bond donors (Lipinski definition) is 3. The molecular formula is C42H69N3O10. The first-order valence-electron chi connectivity index (χ1n) is 21.3. The van der Waals surface area contributed by atoms with Gasteiger partial charge in [0, 0.05) is 18.8 Å². The summed E-state index contributed by atoms with van der Waals surface area (Å²) in [6, 6.07) is 8.15. The molecule has 0 spiro atoms. The lowest BCUT2D eigenvalue weighted by atomic mass is 10.0. The van der Waals surface area contributed by atoms with Gasteiger partial charge >= 0.3 is 6.03 Å². The third-order valence-corrected chi connectivity index (χ3v) is 11.3. The first-order chi connectivity index (χ1) is 26.5. The smallest absolute Gasteiger partial charge is 0.319 e. The number of urea groups is 1. The van der Waals surface area contributed by atoms with Gasteiger partial charge in [-0.1, -0.05) is 89.3 Å². The first-order valence-corrected chi connectivity index (χ1v) is 21.3. The van der Waals surface area contributed by atoms with Crippen LogP contribution in [-0.4, -0.2) is 122 Å². The predicted octanol–water partition coefficient (Wildman–Crippen LogP) is 6.47. The first kappa shape index (κ1) is 42.7. The summed E-state index contributed by atoms with van der Waals surface area (Å²) < 4.78 is 51.2. The molecule has 3 N–H and O–H groups in total. The normalized spacial score (nSPS) is 32.3. The van der Waals surface area contributed by atoms with Gasteiger partial charge in [-0.05, 0) is 72.2 Å². The van der Waals surface area contributed by atoms with Gasteiger partial charge in [-0.25, -0.2) is 4.79 Å². The minimum atomic E-state index is -0.877. The molecule has 55 heavy (non-hydrogen) atoms. The average molecular weight is 776 g/mol. The molecule has 1 aromatic carbocycles. The van der Waals surface area contributed by atoms with Gasteiger partial charge in [0.25, 0.3) is 0 Å². The Morgan fingerprint density at radius 3 is 2.15 bits per heavy atom. The van der Waals surface area contributed by atoms with Crippen molar-refractivity contribution in [3.8, 4) is 0 Å². The van der Waals surface area contributed by atoms with Crippen molar-refractivity contribution in [1.82, 2.24) is 10.2 Å². The largest absolute Gasteiger partial charge is 0.389 e. The van der Waals surface area contributed by atoms with Crippen LogP contribution >= 0.6 is 0 Å². The van der Waals surface area contributed by atoms with E-state index in [1.807, 2.05) is 58.0 Å². The van der Waals surface area contributed by atoms with Crippen LogP contribution in [0.4, 0.5) is 10.5 Å². The number of benzene rings is 1. The number of piperidine rings is 1. The van der Waals surface area contributed by atoms with Crippen LogP contribution in [-0.2, 0) is 37.9 Å². The topological polar surface area (TPSA) is 138 Å². The SMILES string of the molecule is CCCCCCCCCCCCOC1C(C(COC2OC(C(O)CN3CCCCC3)C3OC(C)(C)OC23)NC(=O)Nc2ccccc2)OC2OC(C)(C)OC21. The molecule has 10 atom stereocenters. The molecule has 0 aliphatic carbocycles. The number of amides is 2. The zero-order chi connectivity index (χ0) is 38.8. The molecule has 0 aromatic heterocycles. The summed E-state index contributed by atoms with van der Waals surface area (Å²) in [6.07, 6.45) is 10.0. The number of hydrogen-bond acceptors (Lipinski definition) is 11. The van der Waals surface area contributed by atoms with Gasteiger partial charge in [0.2, 0.25) is 0 Å². The number of aliphatic hydroxyl groups is 1. The zero-order valence-electron chi connectivity index (χ0n) is 34.0. The van der Waals surface area contributed by atoms with E-state index >= 15 is 0 Å². The number of unbranched alkanes of at least 4 members (excludes halogenated alkanes) is 9. The third kappa shape index (κ3) is 12.1. The Bertz CT molecular complexity index is 1300. The van der Waals surface area contributed by atoms with Crippen molar-refractivity contribution in [1.29, 1.82) is 0 Å². The Morgan fingerprint density at radius 1 is 0.800 bits per heavy atom. The fourth-order valence-electron chi connectivity index (χ4n) is 8.65. The molecule has 5 saturated heterocycles. The second-order valence-electron chi connectivity index (χ2n) is 17.0. The van der Waals surface area contributed by atoms with E-state index in [9.17, 15) is 9.90 Å². The third-order valence-electron chi connectivity index (χ3n) is 11.3. The lowest BCUT2D eigenvalue weighted by Gasteiger charge is -2.33. The highest BCUT2D eigenvalue weighted by molar-refractivity contribution is 5.89. The number of carbonyl (C=O) groups is 1. The number of para-hydroxylation sites is 1. The molecule has 2 amide bonds. The predicted molar refractivity (Wildman–Crippen MR) is 207 cm³/mol. The van der Waals surface area contributed by atoms with Crippen LogP contribution < -0.4 is 10.6 Å². The van der Waals surface area contributed by atoms with Crippen LogP contribution in [0.2, 0.25) is 0 Å². The summed E-state index contributed by atoms with van der Waals surface area (Å²) in [6.45, 7) is 12.6. The van der Waals surface area contributed by atoms with E-state index in [1.165, 1.54) is 57.8 Å². The monoisotopic (exact) mass is 775 g/mol. The fraction of sp³-hybridized carbons (Fsp3) is 0.833. The van der Waals surface area contributed by atoms with Crippen molar-refractivity contribution in [2.24, 2.45) is 0 Å². The Balaban J connectivity index is 1.11. The summed E-state index contributed by atoms with van der Waals surface area (Å²) in [4.78, 5) is 15.8. The van der Waals surface area contributed by atoms with Crippen molar-refractivity contribution < 1.29 is 47.8 Å². The summed E-state index contributed by atoms with van der Waals surface area (Å²) in [7, 11) is 0. The Kier molecular flexibility index (Phi) is 15.7. The molecule has 10 unspecified atom stereocenters. The molecule has 1 aromatic rings. The van der Waals surface area contributed by atoms with Gasteiger partial charge in [-0.3, -0.25) is 0 Å². The number of fused-ring (bicyclic) bond motifs is 2. The van der Waals surface area contributed by atoms with Crippen LogP contribution in [0.25, 0.3) is 0 Å². The maximum atomic E-state index is 13.5. The molecule has 5 aliphatic rings.